The van der Waals surface area contributed by atoms with E-state index in [2.05, 4.69) is 34.4 Å². The van der Waals surface area contributed by atoms with Crippen LogP contribution in [0.3, 0.4) is 0 Å². The summed E-state index contributed by atoms with van der Waals surface area (Å²) in [6, 6.07) is 4.81. The van der Waals surface area contributed by atoms with Gasteiger partial charge in [0.1, 0.15) is 5.82 Å². The lowest BCUT2D eigenvalue weighted by Gasteiger charge is -2.38. The molecule has 2 aromatic heterocycles. The first-order chi connectivity index (χ1) is 9.31. The molecule has 3 rings (SSSR count). The molecule has 2 N–H and O–H groups in total. The Hall–Kier alpha value is -1.13. The van der Waals surface area contributed by atoms with E-state index in [4.69, 9.17) is 5.73 Å². The molecule has 0 bridgehead atoms. The Morgan fingerprint density at radius 2 is 2.21 bits per heavy atom. The molecule has 102 valence electrons. The summed E-state index contributed by atoms with van der Waals surface area (Å²) < 4.78 is 1.32. The van der Waals surface area contributed by atoms with Gasteiger partial charge in [-0.25, -0.2) is 4.98 Å². The largest absolute Gasteiger partial charge is 0.356 e. The van der Waals surface area contributed by atoms with Gasteiger partial charge in [0.25, 0.3) is 0 Å². The summed E-state index contributed by atoms with van der Waals surface area (Å²) in [5, 5.41) is 3.42. The minimum atomic E-state index is 0.539. The monoisotopic (exact) mass is 275 g/mol. The number of fused-ring (bicyclic) bond motifs is 1. The lowest BCUT2D eigenvalue weighted by atomic mass is 9.83. The molecule has 1 saturated carbocycles. The Balaban J connectivity index is 1.94. The summed E-state index contributed by atoms with van der Waals surface area (Å²) in [5.74, 6) is 1.72. The highest BCUT2D eigenvalue weighted by Gasteiger charge is 2.28. The molecule has 0 spiro atoms. The maximum atomic E-state index is 5.96. The average Bonchev–Trinajstić information content (AvgIpc) is 2.94. The molecular weight excluding hydrogens is 254 g/mol. The molecule has 1 aliphatic rings. The Labute approximate surface area is 118 Å². The number of hydrogen-bond donors (Lipinski definition) is 1. The van der Waals surface area contributed by atoms with E-state index in [0.29, 0.717) is 12.0 Å². The van der Waals surface area contributed by atoms with Gasteiger partial charge in [0.15, 0.2) is 0 Å². The molecule has 0 amide bonds. The van der Waals surface area contributed by atoms with Crippen LogP contribution in [0, 0.1) is 5.92 Å². The number of nitrogens with zero attached hydrogens (tertiary/aromatic N) is 2. The fraction of sp³-hybridized carbons (Fsp3) is 0.533. The Bertz CT molecular complexity index is 551. The van der Waals surface area contributed by atoms with Gasteiger partial charge in [-0.05, 0) is 42.8 Å². The summed E-state index contributed by atoms with van der Waals surface area (Å²) in [6.07, 6.45) is 7.05. The van der Waals surface area contributed by atoms with E-state index in [1.165, 1.54) is 35.8 Å². The van der Waals surface area contributed by atoms with E-state index in [0.717, 1.165) is 12.4 Å². The average molecular weight is 275 g/mol. The first-order valence-corrected chi connectivity index (χ1v) is 7.94. The highest BCUT2D eigenvalue weighted by molar-refractivity contribution is 7.17. The zero-order valence-corrected chi connectivity index (χ0v) is 12.2. The van der Waals surface area contributed by atoms with Crippen LogP contribution < -0.4 is 10.6 Å². The van der Waals surface area contributed by atoms with E-state index < -0.39 is 0 Å². The molecule has 2 heterocycles. The molecule has 0 saturated heterocycles. The van der Waals surface area contributed by atoms with Crippen molar-refractivity contribution in [2.75, 3.05) is 18.5 Å². The van der Waals surface area contributed by atoms with Gasteiger partial charge in [0.2, 0.25) is 0 Å². The Morgan fingerprint density at radius 3 is 3.05 bits per heavy atom. The first-order valence-electron chi connectivity index (χ1n) is 7.06. The summed E-state index contributed by atoms with van der Waals surface area (Å²) in [7, 11) is 2.18. The number of hydrogen-bond acceptors (Lipinski definition) is 4. The minimum Gasteiger partial charge on any atom is -0.356 e. The Morgan fingerprint density at radius 1 is 1.37 bits per heavy atom. The molecule has 19 heavy (non-hydrogen) atoms. The van der Waals surface area contributed by atoms with Gasteiger partial charge in [-0.15, -0.1) is 11.3 Å². The summed E-state index contributed by atoms with van der Waals surface area (Å²) in [4.78, 5) is 6.98. The molecular formula is C15H21N3S. The van der Waals surface area contributed by atoms with Crippen LogP contribution >= 0.6 is 11.3 Å². The topological polar surface area (TPSA) is 42.2 Å². The lowest BCUT2D eigenvalue weighted by molar-refractivity contribution is 0.306. The van der Waals surface area contributed by atoms with Gasteiger partial charge in [-0.2, -0.15) is 0 Å². The van der Waals surface area contributed by atoms with Crippen LogP contribution in [0.4, 0.5) is 5.82 Å². The summed E-state index contributed by atoms with van der Waals surface area (Å²) in [5.41, 5.74) is 5.96. The normalized spacial score (nSPS) is 23.7. The van der Waals surface area contributed by atoms with Crippen LogP contribution in [0.2, 0.25) is 0 Å². The van der Waals surface area contributed by atoms with Gasteiger partial charge in [-0.3, -0.25) is 0 Å². The zero-order chi connectivity index (χ0) is 13.2. The first kappa shape index (κ1) is 12.9. The second-order valence-corrected chi connectivity index (χ2v) is 6.37. The second-order valence-electron chi connectivity index (χ2n) is 5.43. The smallest absolute Gasteiger partial charge is 0.137 e. The van der Waals surface area contributed by atoms with Crippen molar-refractivity contribution in [3.05, 3.63) is 23.7 Å². The number of nitrogens with two attached hydrogens (primary N) is 1. The third kappa shape index (κ3) is 2.35. The van der Waals surface area contributed by atoms with E-state index in [-0.39, 0.29) is 0 Å². The molecule has 1 aliphatic carbocycles. The third-order valence-corrected chi connectivity index (χ3v) is 5.24. The molecule has 0 radical (unpaired) electrons. The predicted molar refractivity (Wildman–Crippen MR) is 82.8 cm³/mol. The highest BCUT2D eigenvalue weighted by atomic mass is 32.1. The number of pyridine rings is 1. The predicted octanol–water partition coefficient (Wildman–Crippen LogP) is 3.25. The molecule has 3 nitrogen and oxygen atoms in total. The zero-order valence-electron chi connectivity index (χ0n) is 11.4. The maximum absolute atomic E-state index is 5.96. The van der Waals surface area contributed by atoms with E-state index >= 15 is 0 Å². The standard InChI is InChI=1S/C15H21N3S/c1-18(13-5-3-2-4-11(13)10-16)15-12-7-9-19-14(12)6-8-17-15/h6-9,11,13H,2-5,10,16H2,1H3. The van der Waals surface area contributed by atoms with Crippen LogP contribution in [0.5, 0.6) is 0 Å². The molecule has 2 unspecified atom stereocenters. The lowest BCUT2D eigenvalue weighted by Crippen LogP contribution is -2.43. The van der Waals surface area contributed by atoms with E-state index in [9.17, 15) is 0 Å². The van der Waals surface area contributed by atoms with Gasteiger partial charge < -0.3 is 10.6 Å². The van der Waals surface area contributed by atoms with Crippen LogP contribution in [-0.2, 0) is 0 Å². The summed E-state index contributed by atoms with van der Waals surface area (Å²) in [6.45, 7) is 0.786. The number of rotatable bonds is 3. The van der Waals surface area contributed by atoms with Crippen molar-refractivity contribution in [3.63, 3.8) is 0 Å². The molecule has 2 atom stereocenters. The molecule has 1 fully saturated rings. The van der Waals surface area contributed by atoms with Crippen molar-refractivity contribution in [1.82, 2.24) is 4.98 Å². The van der Waals surface area contributed by atoms with E-state index in [1.54, 1.807) is 11.3 Å². The van der Waals surface area contributed by atoms with Crippen molar-refractivity contribution in [2.24, 2.45) is 11.7 Å². The molecule has 0 aromatic carbocycles. The molecule has 4 heteroatoms. The number of aromatic nitrogens is 1. The van der Waals surface area contributed by atoms with Crippen LogP contribution in [-0.4, -0.2) is 24.6 Å². The molecule has 2 aromatic rings. The highest BCUT2D eigenvalue weighted by Crippen LogP contribution is 2.34. The van der Waals surface area contributed by atoms with Gasteiger partial charge in [0.05, 0.1) is 0 Å². The van der Waals surface area contributed by atoms with Crippen molar-refractivity contribution in [3.8, 4) is 0 Å². The quantitative estimate of drug-likeness (QED) is 0.935. The second kappa shape index (κ2) is 5.47. The number of thiophene rings is 1. The van der Waals surface area contributed by atoms with Crippen LogP contribution in [0.15, 0.2) is 23.7 Å². The maximum Gasteiger partial charge on any atom is 0.137 e. The van der Waals surface area contributed by atoms with Gasteiger partial charge >= 0.3 is 0 Å². The summed E-state index contributed by atoms with van der Waals surface area (Å²) >= 11 is 1.78. The SMILES string of the molecule is CN(c1nccc2sccc12)C1CCCCC1CN. The Kier molecular flexibility index (Phi) is 3.71. The fourth-order valence-corrected chi connectivity index (χ4v) is 4.07. The third-order valence-electron chi connectivity index (χ3n) is 4.36. The number of anilines is 1. The molecule has 0 aliphatic heterocycles. The van der Waals surface area contributed by atoms with Crippen LogP contribution in [0.1, 0.15) is 25.7 Å². The van der Waals surface area contributed by atoms with Crippen molar-refractivity contribution < 1.29 is 0 Å². The fourth-order valence-electron chi connectivity index (χ4n) is 3.29. The van der Waals surface area contributed by atoms with E-state index in [1.807, 2.05) is 6.20 Å². The van der Waals surface area contributed by atoms with Crippen molar-refractivity contribution in [2.45, 2.75) is 31.7 Å². The van der Waals surface area contributed by atoms with Crippen molar-refractivity contribution in [1.29, 1.82) is 0 Å². The van der Waals surface area contributed by atoms with Gasteiger partial charge in [0, 0.05) is 29.4 Å². The van der Waals surface area contributed by atoms with Gasteiger partial charge in [-0.1, -0.05) is 12.8 Å². The minimum absolute atomic E-state index is 0.539. The van der Waals surface area contributed by atoms with Crippen molar-refractivity contribution >= 4 is 27.2 Å². The van der Waals surface area contributed by atoms with Crippen LogP contribution in [0.25, 0.3) is 10.1 Å².